The summed E-state index contributed by atoms with van der Waals surface area (Å²) in [5.41, 5.74) is 3.31. The maximum absolute atomic E-state index is 13.3. The van der Waals surface area contributed by atoms with E-state index in [2.05, 4.69) is 34.5 Å². The number of rotatable bonds is 9. The van der Waals surface area contributed by atoms with Gasteiger partial charge >= 0.3 is 0 Å². The van der Waals surface area contributed by atoms with Crippen LogP contribution in [0.4, 0.5) is 10.1 Å². The van der Waals surface area contributed by atoms with E-state index in [1.165, 1.54) is 17.7 Å². The number of nitrogens with one attached hydrogen (secondary N) is 1. The number of hydrogen-bond donors (Lipinski definition) is 1. The fourth-order valence-electron chi connectivity index (χ4n) is 4.59. The molecule has 0 spiro atoms. The largest absolute Gasteiger partial charge is 0.486 e. The summed E-state index contributed by atoms with van der Waals surface area (Å²) in [6, 6.07) is 24.8. The number of amides is 1. The minimum Gasteiger partial charge on any atom is -0.486 e. The average Bonchev–Trinajstić information content (AvgIpc) is 2.88. The Balaban J connectivity index is 1.32. The first kappa shape index (κ1) is 24.9. The van der Waals surface area contributed by atoms with E-state index in [0.29, 0.717) is 11.7 Å². The molecule has 3 aromatic carbocycles. The summed E-state index contributed by atoms with van der Waals surface area (Å²) < 4.78 is 19.6. The first-order valence-electron chi connectivity index (χ1n) is 12.6. The van der Waals surface area contributed by atoms with Crippen LogP contribution in [0.3, 0.4) is 0 Å². The van der Waals surface area contributed by atoms with Gasteiger partial charge in [0, 0.05) is 24.6 Å². The van der Waals surface area contributed by atoms with E-state index in [1.54, 1.807) is 12.1 Å². The molecule has 1 saturated heterocycles. The third-order valence-electron chi connectivity index (χ3n) is 6.71. The van der Waals surface area contributed by atoms with Crippen LogP contribution in [0.2, 0.25) is 0 Å². The monoisotopic (exact) mass is 474 g/mol. The van der Waals surface area contributed by atoms with E-state index < -0.39 is 0 Å². The Hall–Kier alpha value is -3.18. The van der Waals surface area contributed by atoms with Crippen LogP contribution in [0.5, 0.6) is 5.75 Å². The summed E-state index contributed by atoms with van der Waals surface area (Å²) in [5, 5.41) is 3.02. The van der Waals surface area contributed by atoms with Crippen LogP contribution in [0.25, 0.3) is 0 Å². The van der Waals surface area contributed by atoms with Crippen molar-refractivity contribution < 1.29 is 13.9 Å². The number of anilines is 1. The number of piperidine rings is 1. The van der Waals surface area contributed by atoms with Crippen LogP contribution in [-0.2, 0) is 4.79 Å². The number of carbonyl (C=O) groups excluding carboxylic acids is 1. The molecule has 1 heterocycles. The standard InChI is InChI=1S/C30H35FN2O2/c1-22(2)30(34)32-27-10-6-9-25(21-27)23-15-18-33(19-16-23)20-17-29(24-7-4-3-5-8-24)35-28-13-11-26(31)12-14-28/h3-14,21-23,29H,15-20H2,1-2H3,(H,32,34)/t29-/m0/s1. The van der Waals surface area contributed by atoms with Gasteiger partial charge in [-0.2, -0.15) is 0 Å². The van der Waals surface area contributed by atoms with Crippen molar-refractivity contribution in [1.82, 2.24) is 4.90 Å². The molecule has 1 N–H and O–H groups in total. The number of benzene rings is 3. The number of likely N-dealkylation sites (tertiary alicyclic amines) is 1. The molecule has 1 aliphatic rings. The number of hydrogen-bond acceptors (Lipinski definition) is 3. The lowest BCUT2D eigenvalue weighted by Gasteiger charge is -2.33. The van der Waals surface area contributed by atoms with Crippen LogP contribution in [0.1, 0.15) is 56.3 Å². The zero-order chi connectivity index (χ0) is 24.6. The van der Waals surface area contributed by atoms with Gasteiger partial charge in [0.15, 0.2) is 0 Å². The smallest absolute Gasteiger partial charge is 0.226 e. The Bertz CT molecular complexity index is 1080. The van der Waals surface area contributed by atoms with Gasteiger partial charge in [-0.3, -0.25) is 4.79 Å². The molecule has 0 aliphatic carbocycles. The van der Waals surface area contributed by atoms with E-state index in [1.807, 2.05) is 44.2 Å². The van der Waals surface area contributed by atoms with Crippen molar-refractivity contribution in [3.05, 3.63) is 95.8 Å². The summed E-state index contributed by atoms with van der Waals surface area (Å²) >= 11 is 0. The molecular formula is C30H35FN2O2. The lowest BCUT2D eigenvalue weighted by atomic mass is 9.89. The van der Waals surface area contributed by atoms with Crippen molar-refractivity contribution in [2.75, 3.05) is 25.0 Å². The Morgan fingerprint density at radius 2 is 1.71 bits per heavy atom. The molecule has 5 heteroatoms. The Morgan fingerprint density at radius 3 is 2.40 bits per heavy atom. The summed E-state index contributed by atoms with van der Waals surface area (Å²) in [4.78, 5) is 14.6. The number of nitrogens with zero attached hydrogens (tertiary/aromatic N) is 1. The summed E-state index contributed by atoms with van der Waals surface area (Å²) in [6.45, 7) is 6.82. The highest BCUT2D eigenvalue weighted by atomic mass is 19.1. The SMILES string of the molecule is CC(C)C(=O)Nc1cccc(C2CCN(CC[C@H](Oc3ccc(F)cc3)c3ccccc3)CC2)c1. The minimum absolute atomic E-state index is 0.0337. The second-order valence-electron chi connectivity index (χ2n) is 9.65. The Labute approximate surface area is 208 Å². The van der Waals surface area contributed by atoms with Crippen molar-refractivity contribution in [2.45, 2.75) is 45.1 Å². The van der Waals surface area contributed by atoms with Crippen LogP contribution in [0, 0.1) is 11.7 Å². The number of ether oxygens (including phenoxy) is 1. The zero-order valence-corrected chi connectivity index (χ0v) is 20.6. The predicted octanol–water partition coefficient (Wildman–Crippen LogP) is 6.81. The van der Waals surface area contributed by atoms with Gasteiger partial charge in [-0.1, -0.05) is 56.3 Å². The fraction of sp³-hybridized carbons (Fsp3) is 0.367. The van der Waals surface area contributed by atoms with Gasteiger partial charge in [-0.25, -0.2) is 4.39 Å². The van der Waals surface area contributed by atoms with Gasteiger partial charge in [0.1, 0.15) is 17.7 Å². The van der Waals surface area contributed by atoms with Gasteiger partial charge in [0.2, 0.25) is 5.91 Å². The quantitative estimate of drug-likeness (QED) is 0.370. The van der Waals surface area contributed by atoms with Gasteiger partial charge in [0.25, 0.3) is 0 Å². The molecular weight excluding hydrogens is 439 g/mol. The molecule has 0 unspecified atom stereocenters. The van der Waals surface area contributed by atoms with Crippen LogP contribution in [0.15, 0.2) is 78.9 Å². The molecule has 3 aromatic rings. The van der Waals surface area contributed by atoms with Crippen LogP contribution < -0.4 is 10.1 Å². The van der Waals surface area contributed by atoms with Gasteiger partial charge in [-0.15, -0.1) is 0 Å². The third kappa shape index (κ3) is 7.15. The van der Waals surface area contributed by atoms with Crippen molar-refractivity contribution in [1.29, 1.82) is 0 Å². The van der Waals surface area contributed by atoms with E-state index in [-0.39, 0.29) is 23.7 Å². The third-order valence-corrected chi connectivity index (χ3v) is 6.71. The first-order valence-corrected chi connectivity index (χ1v) is 12.6. The predicted molar refractivity (Wildman–Crippen MR) is 139 cm³/mol. The zero-order valence-electron chi connectivity index (χ0n) is 20.6. The molecule has 1 amide bonds. The molecule has 184 valence electrons. The molecule has 35 heavy (non-hydrogen) atoms. The van der Waals surface area contributed by atoms with Crippen molar-refractivity contribution >= 4 is 11.6 Å². The van der Waals surface area contributed by atoms with E-state index in [0.717, 1.165) is 50.1 Å². The normalized spacial score (nSPS) is 15.7. The topological polar surface area (TPSA) is 41.6 Å². The van der Waals surface area contributed by atoms with Crippen molar-refractivity contribution in [2.24, 2.45) is 5.92 Å². The second kappa shape index (κ2) is 12.0. The molecule has 1 aliphatic heterocycles. The van der Waals surface area contributed by atoms with Crippen LogP contribution >= 0.6 is 0 Å². The van der Waals surface area contributed by atoms with Crippen molar-refractivity contribution in [3.8, 4) is 5.75 Å². The summed E-state index contributed by atoms with van der Waals surface area (Å²) in [6.07, 6.45) is 2.97. The average molecular weight is 475 g/mol. The number of carbonyl (C=O) groups is 1. The molecule has 0 saturated carbocycles. The fourth-order valence-corrected chi connectivity index (χ4v) is 4.59. The Morgan fingerprint density at radius 1 is 1.00 bits per heavy atom. The maximum atomic E-state index is 13.3. The lowest BCUT2D eigenvalue weighted by Crippen LogP contribution is -2.34. The highest BCUT2D eigenvalue weighted by Gasteiger charge is 2.23. The second-order valence-corrected chi connectivity index (χ2v) is 9.65. The molecule has 0 radical (unpaired) electrons. The van der Waals surface area contributed by atoms with E-state index >= 15 is 0 Å². The highest BCUT2D eigenvalue weighted by molar-refractivity contribution is 5.92. The lowest BCUT2D eigenvalue weighted by molar-refractivity contribution is -0.118. The molecule has 0 bridgehead atoms. The summed E-state index contributed by atoms with van der Waals surface area (Å²) in [5.74, 6) is 0.941. The highest BCUT2D eigenvalue weighted by Crippen LogP contribution is 2.31. The molecule has 4 rings (SSSR count). The maximum Gasteiger partial charge on any atom is 0.226 e. The Kier molecular flexibility index (Phi) is 8.54. The van der Waals surface area contributed by atoms with Gasteiger partial charge in [-0.05, 0) is 79.4 Å². The molecule has 1 fully saturated rings. The van der Waals surface area contributed by atoms with E-state index in [4.69, 9.17) is 4.74 Å². The molecule has 1 atom stereocenters. The first-order chi connectivity index (χ1) is 17.0. The van der Waals surface area contributed by atoms with Crippen molar-refractivity contribution in [3.63, 3.8) is 0 Å². The molecule has 0 aromatic heterocycles. The van der Waals surface area contributed by atoms with Gasteiger partial charge in [0.05, 0.1) is 0 Å². The number of halogens is 1. The van der Waals surface area contributed by atoms with Gasteiger partial charge < -0.3 is 15.0 Å². The summed E-state index contributed by atoms with van der Waals surface area (Å²) in [7, 11) is 0. The minimum atomic E-state index is -0.260. The van der Waals surface area contributed by atoms with E-state index in [9.17, 15) is 9.18 Å². The van der Waals surface area contributed by atoms with Crippen LogP contribution in [-0.4, -0.2) is 30.4 Å². The molecule has 4 nitrogen and oxygen atoms in total.